The van der Waals surface area contributed by atoms with Gasteiger partial charge in [0.1, 0.15) is 5.75 Å². The van der Waals surface area contributed by atoms with Crippen LogP contribution in [0.2, 0.25) is 0 Å². The number of carbonyl (C=O) groups excluding carboxylic acids is 1. The first-order valence-corrected chi connectivity index (χ1v) is 7.95. The van der Waals surface area contributed by atoms with Gasteiger partial charge in [-0.05, 0) is 18.6 Å². The number of nitrogens with two attached hydrogens (primary N) is 1. The summed E-state index contributed by atoms with van der Waals surface area (Å²) < 4.78 is 27.1. The summed E-state index contributed by atoms with van der Waals surface area (Å²) in [6.07, 6.45) is -0.346. The third-order valence-corrected chi connectivity index (χ3v) is 3.69. The summed E-state index contributed by atoms with van der Waals surface area (Å²) in [4.78, 5) is 11.9. The van der Waals surface area contributed by atoms with Gasteiger partial charge in [-0.3, -0.25) is 4.79 Å². The van der Waals surface area contributed by atoms with Gasteiger partial charge in [0.25, 0.3) is 5.91 Å². The molecular formula is C12H17N3O4S. The minimum Gasteiger partial charge on any atom is -0.477 e. The van der Waals surface area contributed by atoms with Crippen LogP contribution in [0.1, 0.15) is 6.42 Å². The van der Waals surface area contributed by atoms with Crippen molar-refractivity contribution >= 4 is 21.6 Å². The summed E-state index contributed by atoms with van der Waals surface area (Å²) in [5, 5.41) is 10.6. The van der Waals surface area contributed by atoms with Crippen molar-refractivity contribution in [2.75, 3.05) is 24.2 Å². The maximum absolute atomic E-state index is 11.9. The second-order valence-corrected chi connectivity index (χ2v) is 6.23. The number of fused-ring (bicyclic) bond motifs is 1. The molecule has 4 N–H and O–H groups in total. The number of nitrogens with one attached hydrogen (secondary N) is 2. The molecule has 1 heterocycles. The Morgan fingerprint density at radius 3 is 2.95 bits per heavy atom. The molecule has 1 aromatic rings. The third-order valence-electron chi connectivity index (χ3n) is 2.83. The predicted octanol–water partition coefficient (Wildman–Crippen LogP) is -0.346. The molecule has 0 fully saturated rings. The second-order valence-electron chi connectivity index (χ2n) is 4.50. The van der Waals surface area contributed by atoms with Gasteiger partial charge >= 0.3 is 0 Å². The highest BCUT2D eigenvalue weighted by atomic mass is 32.2. The van der Waals surface area contributed by atoms with Crippen LogP contribution in [0.3, 0.4) is 0 Å². The van der Waals surface area contributed by atoms with Crippen LogP contribution in [0, 0.1) is 0 Å². The number of hydrogen-bond acceptors (Lipinski definition) is 5. The molecule has 110 valence electrons. The van der Waals surface area contributed by atoms with Crippen molar-refractivity contribution in [3.8, 4) is 5.75 Å². The second kappa shape index (κ2) is 6.10. The van der Waals surface area contributed by atoms with E-state index >= 15 is 0 Å². The smallest absolute Gasteiger partial charge is 0.262 e. The summed E-state index contributed by atoms with van der Waals surface area (Å²) in [5.41, 5.74) is 0.853. The van der Waals surface area contributed by atoms with Gasteiger partial charge in [-0.1, -0.05) is 12.1 Å². The Morgan fingerprint density at radius 1 is 1.45 bits per heavy atom. The molecule has 0 radical (unpaired) electrons. The molecule has 0 aliphatic carbocycles. The van der Waals surface area contributed by atoms with E-state index in [1.165, 1.54) is 0 Å². The van der Waals surface area contributed by atoms with Crippen LogP contribution < -0.4 is 20.5 Å². The molecule has 1 unspecified atom stereocenters. The number of hydrogen-bond donors (Lipinski definition) is 3. The van der Waals surface area contributed by atoms with Gasteiger partial charge in [0.2, 0.25) is 10.0 Å². The van der Waals surface area contributed by atoms with E-state index in [1.54, 1.807) is 6.07 Å². The van der Waals surface area contributed by atoms with Crippen LogP contribution in [0.15, 0.2) is 24.3 Å². The summed E-state index contributed by atoms with van der Waals surface area (Å²) in [6.45, 7) is 0.620. The maximum Gasteiger partial charge on any atom is 0.262 e. The lowest BCUT2D eigenvalue weighted by molar-refractivity contribution is -0.127. The monoisotopic (exact) mass is 299 g/mol. The van der Waals surface area contributed by atoms with Gasteiger partial charge in [-0.15, -0.1) is 0 Å². The highest BCUT2D eigenvalue weighted by Crippen LogP contribution is 2.28. The number of ether oxygens (including phenoxy) is 1. The number of benzene rings is 1. The molecule has 1 aliphatic heterocycles. The molecule has 0 aromatic heterocycles. The fourth-order valence-electron chi connectivity index (χ4n) is 1.86. The van der Waals surface area contributed by atoms with Gasteiger partial charge in [0.05, 0.1) is 18.0 Å². The summed E-state index contributed by atoms with van der Waals surface area (Å²) in [6, 6.07) is 7.36. The summed E-state index contributed by atoms with van der Waals surface area (Å²) in [7, 11) is -3.48. The average molecular weight is 299 g/mol. The van der Waals surface area contributed by atoms with E-state index < -0.39 is 16.1 Å². The Morgan fingerprint density at radius 2 is 2.20 bits per heavy atom. The fourth-order valence-corrected chi connectivity index (χ4v) is 2.40. The van der Waals surface area contributed by atoms with Gasteiger partial charge in [0, 0.05) is 6.54 Å². The molecular weight excluding hydrogens is 282 g/mol. The predicted molar refractivity (Wildman–Crippen MR) is 74.9 cm³/mol. The Kier molecular flexibility index (Phi) is 4.46. The van der Waals surface area contributed by atoms with Crippen molar-refractivity contribution in [1.82, 2.24) is 5.32 Å². The van der Waals surface area contributed by atoms with E-state index in [9.17, 15) is 13.2 Å². The molecule has 1 amide bonds. The largest absolute Gasteiger partial charge is 0.477 e. The van der Waals surface area contributed by atoms with E-state index in [0.29, 0.717) is 12.3 Å². The summed E-state index contributed by atoms with van der Waals surface area (Å²) >= 11 is 0. The lowest BCUT2D eigenvalue weighted by atomic mass is 10.2. The number of anilines is 1. The average Bonchev–Trinajstić information content (AvgIpc) is 2.42. The van der Waals surface area contributed by atoms with Crippen molar-refractivity contribution in [1.29, 1.82) is 0 Å². The third kappa shape index (κ3) is 4.10. The molecule has 20 heavy (non-hydrogen) atoms. The first-order chi connectivity index (χ1) is 9.46. The van der Waals surface area contributed by atoms with Crippen molar-refractivity contribution in [2.45, 2.75) is 12.5 Å². The van der Waals surface area contributed by atoms with E-state index in [1.807, 2.05) is 18.2 Å². The fraction of sp³-hybridized carbons (Fsp3) is 0.417. The van der Waals surface area contributed by atoms with Crippen LogP contribution in [0.4, 0.5) is 5.69 Å². The highest BCUT2D eigenvalue weighted by Gasteiger charge is 2.25. The highest BCUT2D eigenvalue weighted by molar-refractivity contribution is 7.89. The van der Waals surface area contributed by atoms with E-state index in [0.717, 1.165) is 5.69 Å². The first kappa shape index (κ1) is 14.6. The van der Waals surface area contributed by atoms with Crippen LogP contribution in [-0.4, -0.2) is 39.3 Å². The van der Waals surface area contributed by atoms with Crippen molar-refractivity contribution in [3.63, 3.8) is 0 Å². The van der Waals surface area contributed by atoms with Crippen molar-refractivity contribution in [3.05, 3.63) is 24.3 Å². The number of primary sulfonamides is 1. The number of carbonyl (C=O) groups is 1. The number of amides is 1. The minimum absolute atomic E-state index is 0.153. The molecule has 0 spiro atoms. The van der Waals surface area contributed by atoms with Gasteiger partial charge < -0.3 is 15.4 Å². The molecule has 7 nitrogen and oxygen atoms in total. The number of rotatable bonds is 5. The summed E-state index contributed by atoms with van der Waals surface area (Å²) in [5.74, 6) is 0.199. The van der Waals surface area contributed by atoms with Gasteiger partial charge in [-0.2, -0.15) is 0 Å². The molecule has 1 aromatic carbocycles. The minimum atomic E-state index is -3.48. The van der Waals surface area contributed by atoms with Gasteiger partial charge in [0.15, 0.2) is 6.10 Å². The lowest BCUT2D eigenvalue weighted by Crippen LogP contribution is -2.45. The SMILES string of the molecule is NS(=O)(=O)CCCNC(=O)C1CNc2ccccc2O1. The van der Waals surface area contributed by atoms with Crippen LogP contribution >= 0.6 is 0 Å². The molecule has 0 bridgehead atoms. The molecule has 0 saturated carbocycles. The van der Waals surface area contributed by atoms with Crippen molar-refractivity contribution < 1.29 is 17.9 Å². The quantitative estimate of drug-likeness (QED) is 0.644. The zero-order valence-corrected chi connectivity index (χ0v) is 11.7. The Bertz CT molecular complexity index is 588. The normalized spacial score (nSPS) is 17.6. The zero-order chi connectivity index (χ0) is 14.6. The first-order valence-electron chi connectivity index (χ1n) is 6.23. The van der Waals surface area contributed by atoms with E-state index in [4.69, 9.17) is 9.88 Å². The van der Waals surface area contributed by atoms with Crippen LogP contribution in [0.25, 0.3) is 0 Å². The molecule has 1 atom stereocenters. The molecule has 2 rings (SSSR count). The molecule has 0 saturated heterocycles. The van der Waals surface area contributed by atoms with E-state index in [-0.39, 0.29) is 24.6 Å². The number of sulfonamides is 1. The molecule has 8 heteroatoms. The zero-order valence-electron chi connectivity index (χ0n) is 10.8. The van der Waals surface area contributed by atoms with Gasteiger partial charge in [-0.25, -0.2) is 13.6 Å². The standard InChI is InChI=1S/C12H17N3O4S/c13-20(17,18)7-3-6-14-12(16)11-8-15-9-4-1-2-5-10(9)19-11/h1-2,4-5,11,15H,3,6-8H2,(H,14,16)(H2,13,17,18). The Labute approximate surface area is 117 Å². The Hall–Kier alpha value is -1.80. The van der Waals surface area contributed by atoms with Crippen molar-refractivity contribution in [2.24, 2.45) is 5.14 Å². The van der Waals surface area contributed by atoms with Crippen LogP contribution in [0.5, 0.6) is 5.75 Å². The lowest BCUT2D eigenvalue weighted by Gasteiger charge is -2.26. The van der Waals surface area contributed by atoms with E-state index in [2.05, 4.69) is 10.6 Å². The number of para-hydroxylation sites is 2. The topological polar surface area (TPSA) is 111 Å². The maximum atomic E-state index is 11.9. The molecule has 1 aliphatic rings. The van der Waals surface area contributed by atoms with Crippen LogP contribution in [-0.2, 0) is 14.8 Å². The Balaban J connectivity index is 1.80.